The molecule has 0 aliphatic heterocycles. The van der Waals surface area contributed by atoms with Gasteiger partial charge in [0.1, 0.15) is 0 Å². The Kier molecular flexibility index (Phi) is 4.07. The van der Waals surface area contributed by atoms with Gasteiger partial charge < -0.3 is 0 Å². The summed E-state index contributed by atoms with van der Waals surface area (Å²) in [5.41, 5.74) is 1.75. The normalized spacial score (nSPS) is 12.5. The zero-order valence-corrected chi connectivity index (χ0v) is 18.1. The lowest BCUT2D eigenvalue weighted by Gasteiger charge is -2.10. The van der Waals surface area contributed by atoms with Gasteiger partial charge in [0, 0.05) is 21.7 Å². The van der Waals surface area contributed by atoms with E-state index in [0.29, 0.717) is 11.6 Å². The van der Waals surface area contributed by atoms with E-state index >= 15 is 0 Å². The van der Waals surface area contributed by atoms with Gasteiger partial charge >= 0.3 is 0 Å². The zero-order valence-electron chi connectivity index (χ0n) is 20.4. The van der Waals surface area contributed by atoms with E-state index in [1.165, 1.54) is 6.07 Å². The highest BCUT2D eigenvalue weighted by Crippen LogP contribution is 2.29. The molecule has 0 amide bonds. The molecule has 0 radical (unpaired) electrons. The van der Waals surface area contributed by atoms with Crippen LogP contribution in [0.2, 0.25) is 5.02 Å². The van der Waals surface area contributed by atoms with Crippen molar-refractivity contribution in [3.05, 3.63) is 114 Å². The van der Waals surface area contributed by atoms with Crippen LogP contribution in [0.25, 0.3) is 55.7 Å². The van der Waals surface area contributed by atoms with Crippen molar-refractivity contribution in [3.63, 3.8) is 0 Å². The van der Waals surface area contributed by atoms with Crippen LogP contribution in [0.15, 0.2) is 109 Å². The highest BCUT2D eigenvalue weighted by Gasteiger charge is 2.13. The number of aromatic nitrogens is 3. The molecule has 3 nitrogen and oxygen atoms in total. The average Bonchev–Trinajstić information content (AvgIpc) is 2.91. The lowest BCUT2D eigenvalue weighted by molar-refractivity contribution is 1.08. The lowest BCUT2D eigenvalue weighted by Crippen LogP contribution is -2.00. The van der Waals surface area contributed by atoms with Gasteiger partial charge in [-0.2, -0.15) is 0 Å². The molecular formula is C29H18ClN3. The van der Waals surface area contributed by atoms with Crippen molar-refractivity contribution in [2.24, 2.45) is 0 Å². The number of hydrogen-bond donors (Lipinski definition) is 0. The third-order valence-corrected chi connectivity index (χ3v) is 5.73. The van der Waals surface area contributed by atoms with Crippen molar-refractivity contribution in [2.75, 3.05) is 0 Å². The summed E-state index contributed by atoms with van der Waals surface area (Å²) in [4.78, 5) is 14.2. The van der Waals surface area contributed by atoms with Gasteiger partial charge in [-0.3, -0.25) is 0 Å². The monoisotopic (exact) mass is 446 g/mol. The standard InChI is InChI=1S/C29H18ClN3/c30-26-11-5-10-23(18-26)27-31-28(24-14-12-19-6-1-3-8-21(19)16-24)33-29(32-27)25-15-13-20-7-2-4-9-22(20)17-25/h1-18H/i10D,11D,18D. The first kappa shape index (κ1) is 16.5. The summed E-state index contributed by atoms with van der Waals surface area (Å²) >= 11 is 6.22. The summed E-state index contributed by atoms with van der Waals surface area (Å²) in [7, 11) is 0. The summed E-state index contributed by atoms with van der Waals surface area (Å²) in [6, 6.07) is 29.1. The molecule has 33 heavy (non-hydrogen) atoms. The second kappa shape index (κ2) is 8.12. The molecule has 0 aliphatic rings. The van der Waals surface area contributed by atoms with Gasteiger partial charge in [-0.25, -0.2) is 15.0 Å². The van der Waals surface area contributed by atoms with Crippen molar-refractivity contribution in [3.8, 4) is 34.2 Å². The SMILES string of the molecule is [2H]c1cc([2H])c(-c2nc(-c3ccc4ccccc4c3)nc(-c3ccc4ccccc4c3)n2)c([2H])c1Cl. The van der Waals surface area contributed by atoms with Gasteiger partial charge in [-0.1, -0.05) is 96.5 Å². The summed E-state index contributed by atoms with van der Waals surface area (Å²) in [6.07, 6.45) is 0. The molecule has 0 saturated carbocycles. The molecule has 6 aromatic rings. The Morgan fingerprint density at radius 1 is 0.515 bits per heavy atom. The van der Waals surface area contributed by atoms with Crippen LogP contribution in [0.4, 0.5) is 0 Å². The number of nitrogens with zero attached hydrogens (tertiary/aromatic N) is 3. The summed E-state index contributed by atoms with van der Waals surface area (Å²) in [5, 5.41) is 4.26. The van der Waals surface area contributed by atoms with Crippen LogP contribution in [-0.2, 0) is 0 Å². The molecule has 0 spiro atoms. The molecule has 1 aromatic heterocycles. The van der Waals surface area contributed by atoms with Gasteiger partial charge in [-0.05, 0) is 45.8 Å². The molecule has 0 unspecified atom stereocenters. The Bertz CT molecular complexity index is 1710. The van der Waals surface area contributed by atoms with Crippen molar-refractivity contribution < 1.29 is 4.11 Å². The Morgan fingerprint density at radius 2 is 1.00 bits per heavy atom. The smallest absolute Gasteiger partial charge is 0.164 e. The van der Waals surface area contributed by atoms with E-state index in [9.17, 15) is 0 Å². The topological polar surface area (TPSA) is 38.7 Å². The Morgan fingerprint density at radius 3 is 1.55 bits per heavy atom. The third-order valence-electron chi connectivity index (χ3n) is 5.52. The fraction of sp³-hybridized carbons (Fsp3) is 0. The lowest BCUT2D eigenvalue weighted by atomic mass is 10.1. The molecule has 0 saturated heterocycles. The van der Waals surface area contributed by atoms with Gasteiger partial charge in [0.05, 0.1) is 4.11 Å². The van der Waals surface area contributed by atoms with Gasteiger partial charge in [0.15, 0.2) is 17.5 Å². The largest absolute Gasteiger partial charge is 0.208 e. The minimum absolute atomic E-state index is 0.0328. The van der Waals surface area contributed by atoms with Gasteiger partial charge in [0.25, 0.3) is 0 Å². The van der Waals surface area contributed by atoms with Crippen LogP contribution in [0.3, 0.4) is 0 Å². The molecule has 0 aliphatic carbocycles. The molecule has 156 valence electrons. The quantitative estimate of drug-likeness (QED) is 0.278. The molecule has 0 fully saturated rings. The summed E-state index contributed by atoms with van der Waals surface area (Å²) in [5.74, 6) is 1.03. The van der Waals surface area contributed by atoms with E-state index in [1.807, 2.05) is 84.9 Å². The molecule has 0 N–H and O–H groups in total. The van der Waals surface area contributed by atoms with E-state index in [4.69, 9.17) is 20.7 Å². The Balaban J connectivity index is 1.61. The van der Waals surface area contributed by atoms with Crippen LogP contribution in [0.5, 0.6) is 0 Å². The fourth-order valence-corrected chi connectivity index (χ4v) is 4.03. The first-order valence-electron chi connectivity index (χ1n) is 12.0. The van der Waals surface area contributed by atoms with E-state index in [-0.39, 0.29) is 34.5 Å². The number of rotatable bonds is 3. The van der Waals surface area contributed by atoms with Gasteiger partial charge in [-0.15, -0.1) is 0 Å². The van der Waals surface area contributed by atoms with E-state index in [1.54, 1.807) is 0 Å². The van der Waals surface area contributed by atoms with Crippen LogP contribution in [-0.4, -0.2) is 15.0 Å². The maximum Gasteiger partial charge on any atom is 0.164 e. The molecule has 4 heteroatoms. The van der Waals surface area contributed by atoms with Crippen LogP contribution < -0.4 is 0 Å². The molecule has 0 bridgehead atoms. The second-order valence-corrected chi connectivity index (χ2v) is 8.06. The minimum Gasteiger partial charge on any atom is -0.208 e. The first-order valence-corrected chi connectivity index (χ1v) is 10.9. The van der Waals surface area contributed by atoms with Crippen molar-refractivity contribution >= 4 is 33.1 Å². The number of halogens is 1. The molecule has 5 aromatic carbocycles. The molecule has 6 rings (SSSR count). The second-order valence-electron chi connectivity index (χ2n) is 7.68. The highest BCUT2D eigenvalue weighted by molar-refractivity contribution is 6.30. The third kappa shape index (κ3) is 3.84. The van der Waals surface area contributed by atoms with Crippen molar-refractivity contribution in [1.82, 2.24) is 15.0 Å². The predicted molar refractivity (Wildman–Crippen MR) is 136 cm³/mol. The molecule has 0 atom stereocenters. The van der Waals surface area contributed by atoms with E-state index in [2.05, 4.69) is 9.97 Å². The van der Waals surface area contributed by atoms with Crippen LogP contribution >= 0.6 is 11.6 Å². The molecule has 1 heterocycles. The van der Waals surface area contributed by atoms with Crippen molar-refractivity contribution in [2.45, 2.75) is 0 Å². The van der Waals surface area contributed by atoms with Crippen molar-refractivity contribution in [1.29, 1.82) is 0 Å². The Labute approximate surface area is 200 Å². The molecular weight excluding hydrogens is 426 g/mol. The maximum absolute atomic E-state index is 8.51. The predicted octanol–water partition coefficient (Wildman–Crippen LogP) is 7.83. The first-order chi connectivity index (χ1) is 17.5. The van der Waals surface area contributed by atoms with E-state index < -0.39 is 0 Å². The van der Waals surface area contributed by atoms with Crippen LogP contribution in [0.1, 0.15) is 4.11 Å². The average molecular weight is 447 g/mol. The van der Waals surface area contributed by atoms with Gasteiger partial charge in [0.2, 0.25) is 0 Å². The van der Waals surface area contributed by atoms with Crippen LogP contribution in [0, 0.1) is 0 Å². The number of hydrogen-bond acceptors (Lipinski definition) is 3. The van der Waals surface area contributed by atoms with E-state index in [0.717, 1.165) is 32.7 Å². The minimum atomic E-state index is -0.144. The maximum atomic E-state index is 8.51. The summed E-state index contributed by atoms with van der Waals surface area (Å²) in [6.45, 7) is 0. The zero-order chi connectivity index (χ0) is 24.8. The number of fused-ring (bicyclic) bond motifs is 2. The summed E-state index contributed by atoms with van der Waals surface area (Å²) < 4.78 is 24.9. The fourth-order valence-electron chi connectivity index (χ4n) is 3.88. The number of benzene rings is 5. The Hall–Kier alpha value is -4.08. The highest BCUT2D eigenvalue weighted by atomic mass is 35.5.